The Hall–Kier alpha value is -1.05. The van der Waals surface area contributed by atoms with Crippen LogP contribution in [-0.2, 0) is 9.53 Å². The maximum absolute atomic E-state index is 11.0. The third kappa shape index (κ3) is 13.0. The summed E-state index contributed by atoms with van der Waals surface area (Å²) in [6, 6.07) is 0. The molecule has 104 valence electrons. The minimum Gasteiger partial charge on any atom is -0.466 e. The lowest BCUT2D eigenvalue weighted by Gasteiger charge is -1.98. The summed E-state index contributed by atoms with van der Waals surface area (Å²) >= 11 is 0. The van der Waals surface area contributed by atoms with Crippen LogP contribution in [0.4, 0.5) is 0 Å². The molecule has 0 aliphatic rings. The Kier molecular flexibility index (Phi) is 13.2. The van der Waals surface area contributed by atoms with Crippen molar-refractivity contribution in [1.29, 1.82) is 0 Å². The van der Waals surface area contributed by atoms with E-state index in [1.165, 1.54) is 19.3 Å². The molecule has 0 unspecified atom stereocenters. The Morgan fingerprint density at radius 2 is 1.44 bits per heavy atom. The van der Waals surface area contributed by atoms with Gasteiger partial charge in [0, 0.05) is 6.42 Å². The Balaban J connectivity index is 3.28. The summed E-state index contributed by atoms with van der Waals surface area (Å²) in [6.07, 6.45) is 17.3. The quantitative estimate of drug-likeness (QED) is 0.300. The average Bonchev–Trinajstić information content (AvgIpc) is 2.36. The number of ether oxygens (including phenoxy) is 1. The summed E-state index contributed by atoms with van der Waals surface area (Å²) in [6.45, 7) is 4.54. The largest absolute Gasteiger partial charge is 0.466 e. The summed E-state index contributed by atoms with van der Waals surface area (Å²) < 4.78 is 4.86. The topological polar surface area (TPSA) is 26.3 Å². The van der Waals surface area contributed by atoms with Gasteiger partial charge in [-0.25, -0.2) is 0 Å². The number of unbranched alkanes of at least 4 members (excludes halogenated alkanes) is 4. The van der Waals surface area contributed by atoms with Gasteiger partial charge in [-0.15, -0.1) is 0 Å². The average molecular weight is 252 g/mol. The van der Waals surface area contributed by atoms with Gasteiger partial charge in [0.15, 0.2) is 0 Å². The van der Waals surface area contributed by atoms with E-state index < -0.39 is 0 Å². The van der Waals surface area contributed by atoms with Crippen molar-refractivity contribution in [3.8, 4) is 0 Å². The lowest BCUT2D eigenvalue weighted by atomic mass is 10.2. The van der Waals surface area contributed by atoms with Crippen LogP contribution in [-0.4, -0.2) is 12.6 Å². The highest BCUT2D eigenvalue weighted by Gasteiger charge is 1.98. The Labute approximate surface area is 112 Å². The van der Waals surface area contributed by atoms with E-state index in [0.29, 0.717) is 13.0 Å². The zero-order chi connectivity index (χ0) is 13.5. The van der Waals surface area contributed by atoms with E-state index in [1.807, 2.05) is 6.92 Å². The summed E-state index contributed by atoms with van der Waals surface area (Å²) in [5, 5.41) is 0. The van der Waals surface area contributed by atoms with Gasteiger partial charge in [-0.2, -0.15) is 0 Å². The second-order valence-corrected chi connectivity index (χ2v) is 4.36. The van der Waals surface area contributed by atoms with Crippen molar-refractivity contribution >= 4 is 5.97 Å². The molecule has 0 amide bonds. The van der Waals surface area contributed by atoms with E-state index in [9.17, 15) is 4.79 Å². The number of hydrogen-bond acceptors (Lipinski definition) is 2. The van der Waals surface area contributed by atoms with Gasteiger partial charge >= 0.3 is 5.97 Å². The highest BCUT2D eigenvalue weighted by Crippen LogP contribution is 2.02. The normalized spacial score (nSPS) is 11.4. The predicted molar refractivity (Wildman–Crippen MR) is 77.5 cm³/mol. The van der Waals surface area contributed by atoms with Crippen molar-refractivity contribution in [1.82, 2.24) is 0 Å². The summed E-state index contributed by atoms with van der Waals surface area (Å²) in [4.78, 5) is 11.0. The lowest BCUT2D eigenvalue weighted by molar-refractivity contribution is -0.143. The van der Waals surface area contributed by atoms with Gasteiger partial charge < -0.3 is 4.74 Å². The molecule has 2 heteroatoms. The molecular weight excluding hydrogens is 224 g/mol. The number of carbonyl (C=O) groups is 1. The molecule has 0 N–H and O–H groups in total. The van der Waals surface area contributed by atoms with E-state index in [-0.39, 0.29) is 5.97 Å². The monoisotopic (exact) mass is 252 g/mol. The molecule has 0 spiro atoms. The van der Waals surface area contributed by atoms with Gasteiger partial charge in [-0.1, -0.05) is 44.1 Å². The predicted octanol–water partition coefficient (Wildman–Crippen LogP) is 4.80. The first-order chi connectivity index (χ1) is 8.81. The third-order valence-corrected chi connectivity index (χ3v) is 2.61. The molecule has 2 nitrogen and oxygen atoms in total. The molecule has 0 rings (SSSR count). The van der Waals surface area contributed by atoms with Crippen LogP contribution >= 0.6 is 0 Å². The van der Waals surface area contributed by atoms with Gasteiger partial charge in [0.25, 0.3) is 0 Å². The van der Waals surface area contributed by atoms with Crippen molar-refractivity contribution in [3.63, 3.8) is 0 Å². The van der Waals surface area contributed by atoms with Gasteiger partial charge in [-0.05, 0) is 39.0 Å². The highest BCUT2D eigenvalue weighted by molar-refractivity contribution is 5.69. The Morgan fingerprint density at radius 3 is 2.00 bits per heavy atom. The Bertz CT molecular complexity index is 241. The molecule has 0 aromatic carbocycles. The lowest BCUT2D eigenvalue weighted by Crippen LogP contribution is -2.02. The highest BCUT2D eigenvalue weighted by atomic mass is 16.5. The SMILES string of the molecule is CCCCC=CCCC=CCCCC(=O)OCC. The molecule has 0 aromatic heterocycles. The fourth-order valence-corrected chi connectivity index (χ4v) is 1.58. The molecule has 0 aliphatic heterocycles. The Morgan fingerprint density at radius 1 is 0.889 bits per heavy atom. The molecule has 0 radical (unpaired) electrons. The van der Waals surface area contributed by atoms with Crippen molar-refractivity contribution < 1.29 is 9.53 Å². The van der Waals surface area contributed by atoms with Gasteiger partial charge in [0.1, 0.15) is 0 Å². The van der Waals surface area contributed by atoms with Crippen molar-refractivity contribution in [3.05, 3.63) is 24.3 Å². The molecule has 0 aliphatic carbocycles. The summed E-state index contributed by atoms with van der Waals surface area (Å²) in [5.74, 6) is -0.0789. The van der Waals surface area contributed by atoms with Crippen LogP contribution in [0.25, 0.3) is 0 Å². The maximum Gasteiger partial charge on any atom is 0.305 e. The number of carbonyl (C=O) groups excluding carboxylic acids is 1. The van der Waals surface area contributed by atoms with Crippen LogP contribution < -0.4 is 0 Å². The fraction of sp³-hybridized carbons (Fsp3) is 0.688. The molecule has 0 atom stereocenters. The van der Waals surface area contributed by atoms with Crippen LogP contribution in [0.1, 0.15) is 65.2 Å². The van der Waals surface area contributed by atoms with E-state index in [2.05, 4.69) is 31.2 Å². The van der Waals surface area contributed by atoms with Crippen LogP contribution in [0.2, 0.25) is 0 Å². The van der Waals surface area contributed by atoms with E-state index in [4.69, 9.17) is 4.74 Å². The summed E-state index contributed by atoms with van der Waals surface area (Å²) in [7, 11) is 0. The zero-order valence-corrected chi connectivity index (χ0v) is 12.0. The first-order valence-corrected chi connectivity index (χ1v) is 7.26. The number of rotatable bonds is 11. The fourth-order valence-electron chi connectivity index (χ4n) is 1.58. The van der Waals surface area contributed by atoms with Crippen LogP contribution in [0.15, 0.2) is 24.3 Å². The van der Waals surface area contributed by atoms with E-state index in [1.54, 1.807) is 0 Å². The van der Waals surface area contributed by atoms with Crippen molar-refractivity contribution in [2.45, 2.75) is 65.2 Å². The minimum absolute atomic E-state index is 0.0789. The molecule has 0 saturated carbocycles. The van der Waals surface area contributed by atoms with Crippen LogP contribution in [0.3, 0.4) is 0 Å². The van der Waals surface area contributed by atoms with Crippen molar-refractivity contribution in [2.24, 2.45) is 0 Å². The zero-order valence-electron chi connectivity index (χ0n) is 12.0. The van der Waals surface area contributed by atoms with Crippen molar-refractivity contribution in [2.75, 3.05) is 6.61 Å². The smallest absolute Gasteiger partial charge is 0.305 e. The minimum atomic E-state index is -0.0789. The van der Waals surface area contributed by atoms with Crippen LogP contribution in [0.5, 0.6) is 0 Å². The number of allylic oxidation sites excluding steroid dienone is 4. The molecule has 18 heavy (non-hydrogen) atoms. The molecule has 0 fully saturated rings. The molecule has 0 saturated heterocycles. The number of esters is 1. The summed E-state index contributed by atoms with van der Waals surface area (Å²) in [5.41, 5.74) is 0. The first-order valence-electron chi connectivity index (χ1n) is 7.26. The van der Waals surface area contributed by atoms with Gasteiger partial charge in [0.05, 0.1) is 6.61 Å². The maximum atomic E-state index is 11.0. The molecule has 0 aromatic rings. The van der Waals surface area contributed by atoms with Gasteiger partial charge in [-0.3, -0.25) is 4.79 Å². The number of hydrogen-bond donors (Lipinski definition) is 0. The third-order valence-electron chi connectivity index (χ3n) is 2.61. The van der Waals surface area contributed by atoms with E-state index >= 15 is 0 Å². The second-order valence-electron chi connectivity index (χ2n) is 4.36. The second kappa shape index (κ2) is 14.0. The molecular formula is C16H28O2. The standard InChI is InChI=1S/C16H28O2/c1-3-5-6-7-8-9-10-11-12-13-14-15-16(17)18-4-2/h7-8,11-12H,3-6,9-10,13-15H2,1-2H3. The van der Waals surface area contributed by atoms with Gasteiger partial charge in [0.2, 0.25) is 0 Å². The van der Waals surface area contributed by atoms with E-state index in [0.717, 1.165) is 25.7 Å². The molecule has 0 heterocycles. The van der Waals surface area contributed by atoms with Crippen LogP contribution in [0, 0.1) is 0 Å². The molecule has 0 bridgehead atoms. The first kappa shape index (κ1) is 16.9.